The molecule has 3 heteroatoms. The summed E-state index contributed by atoms with van der Waals surface area (Å²) in [5.41, 5.74) is 8.44. The fourth-order valence-electron chi connectivity index (χ4n) is 1.46. The van der Waals surface area contributed by atoms with Crippen LogP contribution in [0.4, 0.5) is 10.1 Å². The Bertz CT molecular complexity index is 508. The van der Waals surface area contributed by atoms with E-state index in [2.05, 4.69) is 0 Å². The zero-order valence-electron chi connectivity index (χ0n) is 9.61. The van der Waals surface area contributed by atoms with E-state index in [1.54, 1.807) is 18.2 Å². The molecule has 0 heterocycles. The second-order valence-electron chi connectivity index (χ2n) is 3.93. The molecule has 0 radical (unpaired) electrons. The molecule has 0 saturated heterocycles. The van der Waals surface area contributed by atoms with Crippen LogP contribution in [-0.4, -0.2) is 0 Å². The minimum atomic E-state index is -0.242. The van der Waals surface area contributed by atoms with Gasteiger partial charge in [-0.15, -0.1) is 0 Å². The number of aryl methyl sites for hydroxylation is 1. The van der Waals surface area contributed by atoms with Gasteiger partial charge in [0.15, 0.2) is 0 Å². The highest BCUT2D eigenvalue weighted by atomic mass is 19.1. The van der Waals surface area contributed by atoms with Crippen molar-refractivity contribution in [3.8, 4) is 5.75 Å². The number of nitrogen functional groups attached to an aromatic ring is 1. The van der Waals surface area contributed by atoms with Gasteiger partial charge in [-0.2, -0.15) is 0 Å². The molecule has 0 bridgehead atoms. The molecule has 0 saturated carbocycles. The van der Waals surface area contributed by atoms with E-state index in [1.807, 2.05) is 19.1 Å². The first kappa shape index (κ1) is 11.5. The zero-order valence-corrected chi connectivity index (χ0v) is 9.61. The third-order valence-electron chi connectivity index (χ3n) is 2.57. The third kappa shape index (κ3) is 2.97. The van der Waals surface area contributed by atoms with Gasteiger partial charge in [0.2, 0.25) is 0 Å². The fourth-order valence-corrected chi connectivity index (χ4v) is 1.46. The molecule has 0 aromatic heterocycles. The van der Waals surface area contributed by atoms with E-state index in [9.17, 15) is 4.39 Å². The molecule has 2 rings (SSSR count). The van der Waals surface area contributed by atoms with Crippen LogP contribution in [0.1, 0.15) is 11.1 Å². The minimum absolute atomic E-state index is 0.242. The number of halogens is 1. The van der Waals surface area contributed by atoms with E-state index in [0.29, 0.717) is 12.3 Å². The van der Waals surface area contributed by atoms with Crippen LogP contribution in [0.3, 0.4) is 0 Å². The Morgan fingerprint density at radius 2 is 1.82 bits per heavy atom. The van der Waals surface area contributed by atoms with Crippen LogP contribution >= 0.6 is 0 Å². The molecule has 2 nitrogen and oxygen atoms in total. The molecule has 0 amide bonds. The van der Waals surface area contributed by atoms with Crippen molar-refractivity contribution in [3.05, 3.63) is 59.4 Å². The molecule has 0 fully saturated rings. The Morgan fingerprint density at radius 3 is 2.47 bits per heavy atom. The predicted molar refractivity (Wildman–Crippen MR) is 66.3 cm³/mol. The molecule has 0 unspecified atom stereocenters. The highest BCUT2D eigenvalue weighted by molar-refractivity contribution is 5.50. The first-order chi connectivity index (χ1) is 8.15. The monoisotopic (exact) mass is 231 g/mol. The smallest absolute Gasteiger partial charge is 0.123 e. The van der Waals surface area contributed by atoms with Crippen molar-refractivity contribution in [1.29, 1.82) is 0 Å². The van der Waals surface area contributed by atoms with Gasteiger partial charge in [-0.1, -0.05) is 18.2 Å². The Balaban J connectivity index is 2.02. The van der Waals surface area contributed by atoms with Gasteiger partial charge in [0.25, 0.3) is 0 Å². The van der Waals surface area contributed by atoms with Crippen molar-refractivity contribution in [1.82, 2.24) is 0 Å². The predicted octanol–water partition coefficient (Wildman–Crippen LogP) is 3.30. The number of anilines is 1. The van der Waals surface area contributed by atoms with Crippen LogP contribution in [-0.2, 0) is 6.61 Å². The fraction of sp³-hybridized carbons (Fsp3) is 0.143. The summed E-state index contributed by atoms with van der Waals surface area (Å²) in [5.74, 6) is 0.478. The number of hydrogen-bond donors (Lipinski definition) is 1. The summed E-state index contributed by atoms with van der Waals surface area (Å²) in [4.78, 5) is 0. The first-order valence-electron chi connectivity index (χ1n) is 5.38. The summed E-state index contributed by atoms with van der Waals surface area (Å²) >= 11 is 0. The van der Waals surface area contributed by atoms with Gasteiger partial charge in [0, 0.05) is 11.8 Å². The molecule has 17 heavy (non-hydrogen) atoms. The molecule has 2 N–H and O–H groups in total. The van der Waals surface area contributed by atoms with Crippen molar-refractivity contribution >= 4 is 5.69 Å². The largest absolute Gasteiger partial charge is 0.489 e. The van der Waals surface area contributed by atoms with E-state index in [1.165, 1.54) is 12.1 Å². The van der Waals surface area contributed by atoms with Crippen molar-refractivity contribution in [2.45, 2.75) is 13.5 Å². The maximum Gasteiger partial charge on any atom is 0.123 e. The van der Waals surface area contributed by atoms with Gasteiger partial charge in [0.1, 0.15) is 18.2 Å². The maximum atomic E-state index is 12.7. The topological polar surface area (TPSA) is 35.2 Å². The average molecular weight is 231 g/mol. The van der Waals surface area contributed by atoms with Crippen molar-refractivity contribution in [2.75, 3.05) is 5.73 Å². The Kier molecular flexibility index (Phi) is 3.28. The van der Waals surface area contributed by atoms with E-state index in [-0.39, 0.29) is 5.82 Å². The number of hydrogen-bond acceptors (Lipinski definition) is 2. The second-order valence-corrected chi connectivity index (χ2v) is 3.93. The van der Waals surface area contributed by atoms with Crippen molar-refractivity contribution in [2.24, 2.45) is 0 Å². The van der Waals surface area contributed by atoms with Gasteiger partial charge < -0.3 is 10.5 Å². The molecule has 0 spiro atoms. The summed E-state index contributed by atoms with van der Waals surface area (Å²) in [5, 5.41) is 0. The second kappa shape index (κ2) is 4.87. The summed E-state index contributed by atoms with van der Waals surface area (Å²) in [6, 6.07) is 11.8. The van der Waals surface area contributed by atoms with Crippen LogP contribution in [0.2, 0.25) is 0 Å². The highest BCUT2D eigenvalue weighted by Gasteiger charge is 1.99. The molecule has 0 aliphatic rings. The standard InChI is InChI=1S/C14H14FNO/c1-10-2-7-13(8-14(10)16)17-9-11-3-5-12(15)6-4-11/h2-8H,9,16H2,1H3. The molecule has 88 valence electrons. The lowest BCUT2D eigenvalue weighted by atomic mass is 10.2. The van der Waals surface area contributed by atoms with Crippen LogP contribution in [0.25, 0.3) is 0 Å². The lowest BCUT2D eigenvalue weighted by Crippen LogP contribution is -1.97. The summed E-state index contributed by atoms with van der Waals surface area (Å²) < 4.78 is 18.3. The normalized spacial score (nSPS) is 10.2. The molecule has 0 aliphatic heterocycles. The summed E-state index contributed by atoms with van der Waals surface area (Å²) in [7, 11) is 0. The Morgan fingerprint density at radius 1 is 1.12 bits per heavy atom. The molecule has 0 atom stereocenters. The van der Waals surface area contributed by atoms with Gasteiger partial charge in [-0.05, 0) is 36.2 Å². The maximum absolute atomic E-state index is 12.7. The third-order valence-corrected chi connectivity index (χ3v) is 2.57. The zero-order chi connectivity index (χ0) is 12.3. The Hall–Kier alpha value is -2.03. The van der Waals surface area contributed by atoms with E-state index < -0.39 is 0 Å². The summed E-state index contributed by atoms with van der Waals surface area (Å²) in [6.45, 7) is 2.35. The van der Waals surface area contributed by atoms with E-state index in [0.717, 1.165) is 16.9 Å². The van der Waals surface area contributed by atoms with Gasteiger partial charge >= 0.3 is 0 Å². The lowest BCUT2D eigenvalue weighted by molar-refractivity contribution is 0.306. The number of benzene rings is 2. The Labute approximate surface area is 99.8 Å². The van der Waals surface area contributed by atoms with Gasteiger partial charge in [-0.3, -0.25) is 0 Å². The van der Waals surface area contributed by atoms with Crippen LogP contribution in [0, 0.1) is 12.7 Å². The highest BCUT2D eigenvalue weighted by Crippen LogP contribution is 2.20. The van der Waals surface area contributed by atoms with Crippen molar-refractivity contribution < 1.29 is 9.13 Å². The van der Waals surface area contributed by atoms with Gasteiger partial charge in [-0.25, -0.2) is 4.39 Å². The van der Waals surface area contributed by atoms with Crippen molar-refractivity contribution in [3.63, 3.8) is 0 Å². The molecule has 2 aromatic carbocycles. The minimum Gasteiger partial charge on any atom is -0.489 e. The van der Waals surface area contributed by atoms with Crippen LogP contribution in [0.5, 0.6) is 5.75 Å². The SMILES string of the molecule is Cc1ccc(OCc2ccc(F)cc2)cc1N. The van der Waals surface area contributed by atoms with Crippen LogP contribution < -0.4 is 10.5 Å². The lowest BCUT2D eigenvalue weighted by Gasteiger charge is -2.08. The van der Waals surface area contributed by atoms with E-state index >= 15 is 0 Å². The van der Waals surface area contributed by atoms with Crippen LogP contribution in [0.15, 0.2) is 42.5 Å². The van der Waals surface area contributed by atoms with Gasteiger partial charge in [0.05, 0.1) is 0 Å². The molecule has 2 aromatic rings. The number of nitrogens with two attached hydrogens (primary N) is 1. The quantitative estimate of drug-likeness (QED) is 0.822. The summed E-state index contributed by atoms with van der Waals surface area (Å²) in [6.07, 6.45) is 0. The number of rotatable bonds is 3. The molecular weight excluding hydrogens is 217 g/mol. The van der Waals surface area contributed by atoms with E-state index in [4.69, 9.17) is 10.5 Å². The number of ether oxygens (including phenoxy) is 1. The average Bonchev–Trinajstić information content (AvgIpc) is 2.33. The molecular formula is C14H14FNO. The first-order valence-corrected chi connectivity index (χ1v) is 5.38. The molecule has 0 aliphatic carbocycles.